The molecule has 0 radical (unpaired) electrons. The van der Waals surface area contributed by atoms with Crippen molar-refractivity contribution in [2.24, 2.45) is 0 Å². The van der Waals surface area contributed by atoms with Gasteiger partial charge in [-0.2, -0.15) is 0 Å². The average Bonchev–Trinajstić information content (AvgIpc) is 2.38. The smallest absolute Gasteiger partial charge is 0.236 e. The Balaban J connectivity index is 2.29. The molecule has 4 heteroatoms. The summed E-state index contributed by atoms with van der Waals surface area (Å²) in [4.78, 5) is 16.7. The minimum Gasteiger partial charge on any atom is -0.348 e. The summed E-state index contributed by atoms with van der Waals surface area (Å²) in [7, 11) is 3.60. The Labute approximate surface area is 114 Å². The summed E-state index contributed by atoms with van der Waals surface area (Å²) < 4.78 is 0. The van der Waals surface area contributed by atoms with Crippen LogP contribution >= 0.6 is 11.8 Å². The second-order valence-corrected chi connectivity index (χ2v) is 5.49. The highest BCUT2D eigenvalue weighted by atomic mass is 32.2. The van der Waals surface area contributed by atoms with Gasteiger partial charge in [0, 0.05) is 31.3 Å². The molecule has 0 N–H and O–H groups in total. The van der Waals surface area contributed by atoms with E-state index in [1.165, 1.54) is 4.90 Å². The molecule has 0 spiro atoms. The van der Waals surface area contributed by atoms with E-state index in [1.807, 2.05) is 17.8 Å². The number of hydrogen-bond acceptors (Lipinski definition) is 3. The molecule has 18 heavy (non-hydrogen) atoms. The standard InChI is InChI=1S/C14H22N2OS/c1-4-16(12-14(17)15(2)3)10-11-18-13-8-6-5-7-9-13/h5-9H,4,10-12H2,1-3H3. The normalized spacial score (nSPS) is 10.7. The van der Waals surface area contributed by atoms with Gasteiger partial charge in [-0.15, -0.1) is 11.8 Å². The van der Waals surface area contributed by atoms with Crippen LogP contribution in [0.3, 0.4) is 0 Å². The molecule has 0 heterocycles. The topological polar surface area (TPSA) is 23.6 Å². The zero-order valence-electron chi connectivity index (χ0n) is 11.4. The predicted molar refractivity (Wildman–Crippen MR) is 78.0 cm³/mol. The maximum absolute atomic E-state index is 11.6. The van der Waals surface area contributed by atoms with E-state index in [0.29, 0.717) is 6.54 Å². The molecule has 0 saturated heterocycles. The van der Waals surface area contributed by atoms with Crippen molar-refractivity contribution < 1.29 is 4.79 Å². The molecule has 3 nitrogen and oxygen atoms in total. The number of likely N-dealkylation sites (N-methyl/N-ethyl adjacent to an activating group) is 2. The lowest BCUT2D eigenvalue weighted by atomic mass is 10.4. The van der Waals surface area contributed by atoms with Crippen LogP contribution in [0.2, 0.25) is 0 Å². The summed E-state index contributed by atoms with van der Waals surface area (Å²) in [6.45, 7) is 4.46. The van der Waals surface area contributed by atoms with E-state index in [9.17, 15) is 4.79 Å². The second-order valence-electron chi connectivity index (χ2n) is 4.32. The largest absolute Gasteiger partial charge is 0.348 e. The van der Waals surface area contributed by atoms with Crippen LogP contribution in [0.1, 0.15) is 6.92 Å². The van der Waals surface area contributed by atoms with Gasteiger partial charge in [0.2, 0.25) is 5.91 Å². The molecular weight excluding hydrogens is 244 g/mol. The first-order valence-corrected chi connectivity index (χ1v) is 7.22. The van der Waals surface area contributed by atoms with Crippen LogP contribution in [-0.2, 0) is 4.79 Å². The second kappa shape index (κ2) is 8.16. The highest BCUT2D eigenvalue weighted by Gasteiger charge is 2.10. The number of thioether (sulfide) groups is 1. The summed E-state index contributed by atoms with van der Waals surface area (Å²) >= 11 is 1.83. The van der Waals surface area contributed by atoms with Crippen LogP contribution in [0.15, 0.2) is 35.2 Å². The molecule has 0 aliphatic heterocycles. The number of amides is 1. The summed E-state index contributed by atoms with van der Waals surface area (Å²) in [5, 5.41) is 0. The molecule has 0 aromatic heterocycles. The van der Waals surface area contributed by atoms with Crippen molar-refractivity contribution in [2.75, 3.05) is 39.5 Å². The lowest BCUT2D eigenvalue weighted by Crippen LogP contribution is -2.37. The molecule has 0 aliphatic rings. The van der Waals surface area contributed by atoms with Crippen molar-refractivity contribution in [3.8, 4) is 0 Å². The van der Waals surface area contributed by atoms with Crippen molar-refractivity contribution in [1.29, 1.82) is 0 Å². The van der Waals surface area contributed by atoms with E-state index in [0.717, 1.165) is 18.8 Å². The monoisotopic (exact) mass is 266 g/mol. The quantitative estimate of drug-likeness (QED) is 0.707. The number of benzene rings is 1. The van der Waals surface area contributed by atoms with Crippen LogP contribution in [-0.4, -0.2) is 55.2 Å². The first-order valence-electron chi connectivity index (χ1n) is 6.23. The van der Waals surface area contributed by atoms with Crippen LogP contribution < -0.4 is 0 Å². The van der Waals surface area contributed by atoms with Crippen molar-refractivity contribution >= 4 is 17.7 Å². The Morgan fingerprint density at radius 3 is 2.44 bits per heavy atom. The predicted octanol–water partition coefficient (Wildman–Crippen LogP) is 2.19. The molecule has 0 bridgehead atoms. The fourth-order valence-corrected chi connectivity index (χ4v) is 2.43. The third-order valence-corrected chi connectivity index (χ3v) is 3.72. The minimum atomic E-state index is 0.168. The van der Waals surface area contributed by atoms with E-state index in [4.69, 9.17) is 0 Å². The number of carbonyl (C=O) groups is 1. The summed E-state index contributed by atoms with van der Waals surface area (Å²) in [6, 6.07) is 10.4. The molecule has 1 rings (SSSR count). The first-order chi connectivity index (χ1) is 8.63. The molecule has 0 fully saturated rings. The van der Waals surface area contributed by atoms with Gasteiger partial charge in [-0.1, -0.05) is 25.1 Å². The van der Waals surface area contributed by atoms with Gasteiger partial charge in [0.25, 0.3) is 0 Å². The number of hydrogen-bond donors (Lipinski definition) is 0. The molecule has 1 amide bonds. The number of nitrogens with zero attached hydrogens (tertiary/aromatic N) is 2. The maximum atomic E-state index is 11.6. The van der Waals surface area contributed by atoms with Crippen LogP contribution in [0.4, 0.5) is 0 Å². The van der Waals surface area contributed by atoms with Gasteiger partial charge in [0.15, 0.2) is 0 Å². The lowest BCUT2D eigenvalue weighted by molar-refractivity contribution is -0.129. The van der Waals surface area contributed by atoms with Crippen LogP contribution in [0.5, 0.6) is 0 Å². The SMILES string of the molecule is CCN(CCSc1ccccc1)CC(=O)N(C)C. The molecule has 0 aliphatic carbocycles. The van der Waals surface area contributed by atoms with Crippen LogP contribution in [0, 0.1) is 0 Å². The van der Waals surface area contributed by atoms with E-state index in [-0.39, 0.29) is 5.91 Å². The first kappa shape index (κ1) is 15.1. The van der Waals surface area contributed by atoms with Crippen molar-refractivity contribution in [3.63, 3.8) is 0 Å². The zero-order valence-corrected chi connectivity index (χ0v) is 12.2. The molecule has 1 aromatic rings. The zero-order chi connectivity index (χ0) is 13.4. The van der Waals surface area contributed by atoms with Gasteiger partial charge < -0.3 is 4.90 Å². The third-order valence-electron chi connectivity index (χ3n) is 2.72. The van der Waals surface area contributed by atoms with Gasteiger partial charge >= 0.3 is 0 Å². The van der Waals surface area contributed by atoms with Gasteiger partial charge in [0.05, 0.1) is 6.54 Å². The van der Waals surface area contributed by atoms with E-state index in [2.05, 4.69) is 36.1 Å². The Bertz CT molecular complexity index is 354. The summed E-state index contributed by atoms with van der Waals surface area (Å²) in [5.41, 5.74) is 0. The maximum Gasteiger partial charge on any atom is 0.236 e. The fourth-order valence-electron chi connectivity index (χ4n) is 1.49. The summed E-state index contributed by atoms with van der Waals surface area (Å²) in [6.07, 6.45) is 0. The molecule has 0 atom stereocenters. The van der Waals surface area contributed by atoms with Gasteiger partial charge in [-0.05, 0) is 18.7 Å². The molecule has 100 valence electrons. The van der Waals surface area contributed by atoms with Crippen molar-refractivity contribution in [1.82, 2.24) is 9.80 Å². The Kier molecular flexibility index (Phi) is 6.83. The van der Waals surface area contributed by atoms with Crippen LogP contribution in [0.25, 0.3) is 0 Å². The third kappa shape index (κ3) is 5.56. The summed E-state index contributed by atoms with van der Waals surface area (Å²) in [5.74, 6) is 1.18. The van der Waals surface area contributed by atoms with E-state index < -0.39 is 0 Å². The minimum absolute atomic E-state index is 0.168. The fraction of sp³-hybridized carbons (Fsp3) is 0.500. The van der Waals surface area contributed by atoms with Gasteiger partial charge in [-0.25, -0.2) is 0 Å². The number of rotatable bonds is 7. The van der Waals surface area contributed by atoms with E-state index in [1.54, 1.807) is 19.0 Å². The molecular formula is C14H22N2OS. The van der Waals surface area contributed by atoms with Gasteiger partial charge in [-0.3, -0.25) is 9.69 Å². The molecule has 0 unspecified atom stereocenters. The molecule has 0 saturated carbocycles. The highest BCUT2D eigenvalue weighted by Crippen LogP contribution is 2.16. The average molecular weight is 266 g/mol. The van der Waals surface area contributed by atoms with Gasteiger partial charge in [0.1, 0.15) is 0 Å². The molecule has 1 aromatic carbocycles. The Morgan fingerprint density at radius 2 is 1.89 bits per heavy atom. The highest BCUT2D eigenvalue weighted by molar-refractivity contribution is 7.99. The lowest BCUT2D eigenvalue weighted by Gasteiger charge is -2.21. The van der Waals surface area contributed by atoms with Crippen molar-refractivity contribution in [2.45, 2.75) is 11.8 Å². The Hall–Kier alpha value is -1.00. The van der Waals surface area contributed by atoms with Crippen molar-refractivity contribution in [3.05, 3.63) is 30.3 Å². The number of carbonyl (C=O) groups excluding carboxylic acids is 1. The Morgan fingerprint density at radius 1 is 1.22 bits per heavy atom. The van der Waals surface area contributed by atoms with E-state index >= 15 is 0 Å².